The number of amides is 2. The van der Waals surface area contributed by atoms with E-state index in [4.69, 9.17) is 5.73 Å². The lowest BCUT2D eigenvalue weighted by Crippen LogP contribution is -2.44. The number of nitrogens with zero attached hydrogens (tertiary/aromatic N) is 4. The lowest BCUT2D eigenvalue weighted by atomic mass is 10.3. The third-order valence-electron chi connectivity index (χ3n) is 4.96. The van der Waals surface area contributed by atoms with Crippen molar-refractivity contribution in [2.45, 2.75) is 13.1 Å². The zero-order chi connectivity index (χ0) is 27.7. The number of aliphatic imine (C=N–C) groups is 1. The summed E-state index contributed by atoms with van der Waals surface area (Å²) < 4.78 is 39.7. The maximum absolute atomic E-state index is 13.2. The van der Waals surface area contributed by atoms with Crippen LogP contribution < -0.4 is 16.4 Å². The predicted octanol–water partition coefficient (Wildman–Crippen LogP) is 4.37. The summed E-state index contributed by atoms with van der Waals surface area (Å²) in [7, 11) is 0.0335. The third kappa shape index (κ3) is 7.69. The second kappa shape index (κ2) is 13.3. The number of nitrogens with two attached hydrogens (primary N) is 1. The highest BCUT2D eigenvalue weighted by molar-refractivity contribution is 9.10. The van der Waals surface area contributed by atoms with Crippen molar-refractivity contribution in [3.05, 3.63) is 94.4 Å². The lowest BCUT2D eigenvalue weighted by molar-refractivity contribution is -0.141. The average molecular weight is 607 g/mol. The Balaban J connectivity index is 1.87. The maximum Gasteiger partial charge on any atom is 0.433 e. The number of likely N-dealkylation sites (N-methyl/N-ethyl adjacent to an activating group) is 1. The molecule has 0 saturated heterocycles. The van der Waals surface area contributed by atoms with Gasteiger partial charge in [0.05, 0.1) is 12.2 Å². The van der Waals surface area contributed by atoms with Crippen molar-refractivity contribution >= 4 is 53.2 Å². The molecule has 0 fully saturated rings. The number of benzene rings is 2. The van der Waals surface area contributed by atoms with Gasteiger partial charge >= 0.3 is 6.18 Å². The SMILES string of the molecule is CCN(C(=O)CNC(=O)c1nccc(C(F)(F)F)n1)C(=Nc1ccccc1)/C(=C\N)Pc1ccccc1Br. The quantitative estimate of drug-likeness (QED) is 0.225. The number of aromatic nitrogens is 2. The van der Waals surface area contributed by atoms with E-state index in [9.17, 15) is 22.8 Å². The number of hydrogen-bond acceptors (Lipinski definition) is 6. The Morgan fingerprint density at radius 2 is 1.82 bits per heavy atom. The Hall–Kier alpha value is -3.63. The molecule has 1 aromatic heterocycles. The maximum atomic E-state index is 13.2. The van der Waals surface area contributed by atoms with Crippen molar-refractivity contribution in [2.75, 3.05) is 13.1 Å². The van der Waals surface area contributed by atoms with Crippen molar-refractivity contribution in [1.29, 1.82) is 0 Å². The fourth-order valence-corrected chi connectivity index (χ4v) is 4.81. The van der Waals surface area contributed by atoms with Crippen LogP contribution in [0.25, 0.3) is 0 Å². The fraction of sp³-hybridized carbons (Fsp3) is 0.160. The molecule has 2 amide bonds. The molecule has 2 aromatic carbocycles. The highest BCUT2D eigenvalue weighted by atomic mass is 79.9. The van der Waals surface area contributed by atoms with Gasteiger partial charge in [-0.25, -0.2) is 15.0 Å². The number of amidine groups is 1. The van der Waals surface area contributed by atoms with Crippen LogP contribution in [0.15, 0.2) is 87.8 Å². The predicted molar refractivity (Wildman–Crippen MR) is 145 cm³/mol. The van der Waals surface area contributed by atoms with Gasteiger partial charge in [0.15, 0.2) is 0 Å². The number of carbonyl (C=O) groups excluding carboxylic acids is 2. The second-order valence-electron chi connectivity index (χ2n) is 7.54. The molecule has 0 saturated carbocycles. The molecule has 0 aliphatic carbocycles. The molecule has 198 valence electrons. The van der Waals surface area contributed by atoms with Gasteiger partial charge in [0.25, 0.3) is 5.91 Å². The Bertz CT molecular complexity index is 1350. The Kier molecular flexibility index (Phi) is 10.1. The lowest BCUT2D eigenvalue weighted by Gasteiger charge is -2.25. The van der Waals surface area contributed by atoms with Gasteiger partial charge in [-0.05, 0) is 36.5 Å². The van der Waals surface area contributed by atoms with Gasteiger partial charge in [-0.2, -0.15) is 13.2 Å². The van der Waals surface area contributed by atoms with Crippen LogP contribution in [0.1, 0.15) is 23.2 Å². The van der Waals surface area contributed by atoms with Crippen LogP contribution >= 0.6 is 24.5 Å². The molecule has 8 nitrogen and oxygen atoms in total. The summed E-state index contributed by atoms with van der Waals surface area (Å²) in [6, 6.07) is 17.2. The first-order valence-electron chi connectivity index (χ1n) is 11.2. The smallest absolute Gasteiger partial charge is 0.404 e. The average Bonchev–Trinajstić information content (AvgIpc) is 2.91. The second-order valence-corrected chi connectivity index (χ2v) is 9.72. The van der Waals surface area contributed by atoms with Crippen molar-refractivity contribution in [2.24, 2.45) is 10.7 Å². The molecule has 1 atom stereocenters. The van der Waals surface area contributed by atoms with Gasteiger partial charge in [0, 0.05) is 28.7 Å². The number of hydrogen-bond donors (Lipinski definition) is 2. The minimum atomic E-state index is -4.74. The van der Waals surface area contributed by atoms with E-state index in [1.807, 2.05) is 30.3 Å². The summed E-state index contributed by atoms with van der Waals surface area (Å²) in [5.41, 5.74) is 5.31. The summed E-state index contributed by atoms with van der Waals surface area (Å²) in [5, 5.41) is 3.80. The molecule has 13 heteroatoms. The molecular formula is C25H23BrF3N6O2P. The topological polar surface area (TPSA) is 114 Å². The number of nitrogens with one attached hydrogen (secondary N) is 1. The van der Waals surface area contributed by atoms with Crippen molar-refractivity contribution in [3.8, 4) is 0 Å². The van der Waals surface area contributed by atoms with Gasteiger partial charge < -0.3 is 11.1 Å². The number of rotatable bonds is 8. The van der Waals surface area contributed by atoms with E-state index in [1.54, 1.807) is 31.2 Å². The number of alkyl halides is 3. The third-order valence-corrected chi connectivity index (χ3v) is 7.39. The molecule has 3 aromatic rings. The van der Waals surface area contributed by atoms with Crippen LogP contribution in [-0.4, -0.2) is 45.6 Å². The molecule has 0 aliphatic rings. The van der Waals surface area contributed by atoms with E-state index in [1.165, 1.54) is 11.1 Å². The zero-order valence-electron chi connectivity index (χ0n) is 20.0. The van der Waals surface area contributed by atoms with E-state index < -0.39 is 36.1 Å². The highest BCUT2D eigenvalue weighted by Gasteiger charge is 2.33. The minimum Gasteiger partial charge on any atom is -0.404 e. The van der Waals surface area contributed by atoms with E-state index in [0.29, 0.717) is 17.1 Å². The largest absolute Gasteiger partial charge is 0.433 e. The van der Waals surface area contributed by atoms with E-state index in [2.05, 4.69) is 36.2 Å². The Morgan fingerprint density at radius 3 is 2.45 bits per heavy atom. The number of para-hydroxylation sites is 1. The molecule has 1 heterocycles. The van der Waals surface area contributed by atoms with Crippen LogP contribution in [-0.2, 0) is 11.0 Å². The van der Waals surface area contributed by atoms with Crippen LogP contribution in [0.4, 0.5) is 18.9 Å². The highest BCUT2D eigenvalue weighted by Crippen LogP contribution is 2.30. The van der Waals surface area contributed by atoms with E-state index in [0.717, 1.165) is 16.0 Å². The zero-order valence-corrected chi connectivity index (χ0v) is 22.6. The summed E-state index contributed by atoms with van der Waals surface area (Å²) >= 11 is 3.52. The van der Waals surface area contributed by atoms with Crippen molar-refractivity contribution in [1.82, 2.24) is 20.2 Å². The molecule has 0 bridgehead atoms. The van der Waals surface area contributed by atoms with Gasteiger partial charge in [-0.3, -0.25) is 14.5 Å². The summed E-state index contributed by atoms with van der Waals surface area (Å²) in [4.78, 5) is 38.5. The molecule has 0 aliphatic heterocycles. The first kappa shape index (κ1) is 28.9. The van der Waals surface area contributed by atoms with Gasteiger partial charge in [-0.15, -0.1) is 0 Å². The number of halogens is 4. The molecular weight excluding hydrogens is 584 g/mol. The number of carbonyl (C=O) groups is 2. The van der Waals surface area contributed by atoms with Crippen molar-refractivity contribution < 1.29 is 22.8 Å². The summed E-state index contributed by atoms with van der Waals surface area (Å²) in [5.74, 6) is -2.00. The summed E-state index contributed by atoms with van der Waals surface area (Å²) in [6.07, 6.45) is -2.53. The van der Waals surface area contributed by atoms with Gasteiger partial charge in [0.2, 0.25) is 11.7 Å². The van der Waals surface area contributed by atoms with Crippen molar-refractivity contribution in [3.63, 3.8) is 0 Å². The van der Waals surface area contributed by atoms with Crippen LogP contribution in [0.3, 0.4) is 0 Å². The molecule has 1 unspecified atom stereocenters. The standard InChI is InChI=1S/C25H23BrF3N6O2P/c1-2-35(21(36)15-32-24(37)22-31-13-12-20(34-22)25(27,28)29)23(33-16-8-4-3-5-9-16)19(14-30)38-18-11-7-6-10-17(18)26/h3-14,38H,2,15,30H2,1H3,(H,32,37)/b19-14+,33-23?. The first-order chi connectivity index (χ1) is 18.1. The minimum absolute atomic E-state index is 0.0335. The summed E-state index contributed by atoms with van der Waals surface area (Å²) in [6.45, 7) is 1.38. The van der Waals surface area contributed by atoms with Gasteiger partial charge in [0.1, 0.15) is 11.5 Å². The molecule has 0 radical (unpaired) electrons. The van der Waals surface area contributed by atoms with E-state index >= 15 is 0 Å². The van der Waals surface area contributed by atoms with Crippen LogP contribution in [0, 0.1) is 0 Å². The first-order valence-corrected chi connectivity index (χ1v) is 13.0. The normalized spacial score (nSPS) is 12.6. The van der Waals surface area contributed by atoms with Crippen LogP contribution in [0.2, 0.25) is 0 Å². The van der Waals surface area contributed by atoms with E-state index in [-0.39, 0.29) is 21.0 Å². The molecule has 38 heavy (non-hydrogen) atoms. The molecule has 0 spiro atoms. The fourth-order valence-electron chi connectivity index (χ4n) is 3.17. The van der Waals surface area contributed by atoms with Crippen LogP contribution in [0.5, 0.6) is 0 Å². The van der Waals surface area contributed by atoms with Gasteiger partial charge in [-0.1, -0.05) is 60.9 Å². The molecule has 3 rings (SSSR count). The Labute approximate surface area is 227 Å². The molecule has 3 N–H and O–H groups in total. The monoisotopic (exact) mass is 606 g/mol. The Morgan fingerprint density at radius 1 is 1.13 bits per heavy atom.